The fraction of sp³-hybridized carbons (Fsp3) is 0.975. The van der Waals surface area contributed by atoms with Crippen LogP contribution in [0.4, 0.5) is 0 Å². The molecule has 0 radical (unpaired) electrons. The van der Waals surface area contributed by atoms with Crippen LogP contribution in [0.1, 0.15) is 27.2 Å². The summed E-state index contributed by atoms with van der Waals surface area (Å²) < 4.78 is 143. The predicted octanol–water partition coefficient (Wildman–Crippen LogP) is -25.4. The third-order valence-corrected chi connectivity index (χ3v) is 26.4. The number of amides is 2. The van der Waals surface area contributed by atoms with Gasteiger partial charge in [-0.15, -0.1) is 0 Å². The topological polar surface area (TPSA) is 988 Å². The van der Waals surface area contributed by atoms with E-state index in [1.165, 1.54) is 0 Å². The van der Waals surface area contributed by atoms with Crippen molar-refractivity contribution in [1.29, 1.82) is 0 Å². The van der Waals surface area contributed by atoms with E-state index >= 15 is 0 Å². The average Bonchev–Trinajstić information content (AvgIpc) is 0.762. The monoisotopic (exact) mass is 2090 g/mol. The minimum atomic E-state index is -2.74. The Kier molecular flexibility index (Phi) is 42.8. The van der Waals surface area contributed by atoms with Gasteiger partial charge in [0, 0.05) is 20.5 Å². The maximum Gasteiger partial charge on any atom is 0.217 e. The lowest BCUT2D eigenvalue weighted by Crippen LogP contribution is -2.70. The zero-order valence-corrected chi connectivity index (χ0v) is 75.8. The van der Waals surface area contributed by atoms with Gasteiger partial charge in [-0.2, -0.15) is 0 Å². The first-order valence-corrected chi connectivity index (χ1v) is 45.7. The molecule has 63 heteroatoms. The van der Waals surface area contributed by atoms with Gasteiger partial charge < -0.3 is 303 Å². The Morgan fingerprint density at radius 2 is 0.408 bits per heavy atom. The van der Waals surface area contributed by atoms with Crippen molar-refractivity contribution in [2.45, 2.75) is 396 Å². The number of aliphatic hydroxyl groups excluding tert-OH is 35. The summed E-state index contributed by atoms with van der Waals surface area (Å²) in [6.07, 6.45) is -129. The molecule has 142 heavy (non-hydrogen) atoms. The van der Waals surface area contributed by atoms with Crippen LogP contribution in [0.5, 0.6) is 0 Å². The molecule has 826 valence electrons. The van der Waals surface area contributed by atoms with Crippen LogP contribution in [0.3, 0.4) is 0 Å². The Bertz CT molecular complexity index is 3790. The van der Waals surface area contributed by atoms with Crippen molar-refractivity contribution >= 4 is 11.8 Å². The van der Waals surface area contributed by atoms with Crippen molar-refractivity contribution in [2.75, 3.05) is 85.9 Å². The molecule has 12 saturated heterocycles. The summed E-state index contributed by atoms with van der Waals surface area (Å²) in [5.74, 6) is -1.73. The highest BCUT2D eigenvalue weighted by Gasteiger charge is 2.64. The minimum absolute atomic E-state index is 0.0136. The summed E-state index contributed by atoms with van der Waals surface area (Å²) in [5.41, 5.74) is 0. The van der Waals surface area contributed by atoms with Crippen LogP contribution in [0.2, 0.25) is 0 Å². The molecule has 0 aromatic carbocycles. The van der Waals surface area contributed by atoms with Crippen LogP contribution in [0.25, 0.3) is 0 Å². The third-order valence-electron chi connectivity index (χ3n) is 26.4. The van der Waals surface area contributed by atoms with E-state index < -0.39 is 459 Å². The Morgan fingerprint density at radius 1 is 0.197 bits per heavy atom. The van der Waals surface area contributed by atoms with E-state index in [0.29, 0.717) is 6.42 Å². The van der Waals surface area contributed by atoms with Gasteiger partial charge in [-0.05, 0) is 6.42 Å². The molecule has 12 heterocycles. The van der Waals surface area contributed by atoms with Crippen molar-refractivity contribution in [1.82, 2.24) is 10.6 Å². The van der Waals surface area contributed by atoms with Crippen LogP contribution < -0.4 is 10.6 Å². The Hall–Kier alpha value is -3.42. The molecule has 0 aromatic heterocycles. The second-order valence-electron chi connectivity index (χ2n) is 36.0. The van der Waals surface area contributed by atoms with E-state index in [4.69, 9.17) is 114 Å². The maximum atomic E-state index is 13.3. The van der Waals surface area contributed by atoms with Crippen molar-refractivity contribution in [2.24, 2.45) is 0 Å². The molecule has 0 aromatic rings. The molecule has 0 unspecified atom stereocenters. The standard InChI is InChI=1S/C79H134N2O61/c1-4-5-119-68-32(80-18(2)92)44(104)59(28(14-90)130-68)134-69-33(81-19(3)93)45(105)60(29(15-91)131-69)135-75-58(118)63(138-78-67(52(112)40(100)25(11-87)128-78)142-79-66(51(111)39(99)26(12-88)129-79)141-74-57(117)61(41(101)27(13-89)125-74)136-71-53(113)46(106)34(94)20(6-82)122-71)43(103)31(133-75)16-120-70-56(116)62(137-77-65(50(110)38(98)24(10-86)127-77)140-73-55(115)48(108)36(96)22(8-84)124-73)42(102)30(132-70)17-121-76-64(49(109)37(97)23(9-85)126-76)139-72-54(114)47(107)35(95)21(7-83)123-72/h20-79,82-91,94-118H,4-17H2,1-3H3,(H,80,92)(H,81,93)/t20-,21-,22-,23-,24-,25-,26-,27-,28-,29-,30-,31-,32-,33-,34-,35-,36-,37-,38-,39-,40-,41-,42-,43-,44-,45-,46+,47+,48+,49+,50+,51+,52+,53-,54+,55+,56+,57+,58+,59-,60-,61+,62+,63+,64+,65+,66+,67+,68-,69+,70+,71-,72-,73-,74-,75+,76+,77-,78-,79-/m1/s1. The fourth-order valence-electron chi connectivity index (χ4n) is 18.3. The number of hydrogen-bond donors (Lipinski definition) is 37. The van der Waals surface area contributed by atoms with Gasteiger partial charge in [0.25, 0.3) is 0 Å². The first-order valence-electron chi connectivity index (χ1n) is 45.7. The molecule has 0 aliphatic carbocycles. The molecule has 0 spiro atoms. The van der Waals surface area contributed by atoms with Crippen molar-refractivity contribution in [3.8, 4) is 0 Å². The number of rotatable bonds is 39. The lowest BCUT2D eigenvalue weighted by atomic mass is 9.93. The molecule has 63 nitrogen and oxygen atoms in total. The van der Waals surface area contributed by atoms with Crippen LogP contribution in [0.15, 0.2) is 0 Å². The van der Waals surface area contributed by atoms with E-state index in [2.05, 4.69) is 10.6 Å². The molecular formula is C79H134N2O61. The SMILES string of the molecule is CCCO[C@@H]1O[C@H](CO)[C@@H](O[C@@H]2O[C@H](CO)[C@@H](O[C@@H]3O[C@H](CO[C@H]4O[C@H](CO[C@H]5O[C@H](CO)[C@@H](O)[C@H](O)[C@@H]5O[C@H]5O[C@H](CO)[C@@H](O)[C@H](O)[C@@H]5O)[C@@H](O)[C@H](O[C@H]5O[C@H](CO)[C@@H](O)[C@H](O)[C@@H]5O[C@H]5O[C@H](CO)[C@@H](O)[C@H](O)[C@@H]5O)[C@@H]4O)[C@@H](O)[C@H](O[C@H]4O[C@H](CO)[C@@H](O)[C@H](O)[C@@H]4O[C@H]4O[C@H](CO)[C@@H](O)[C@H](O)[C@@H]4O[C@H]4O[C@H](CO)[C@@H](O)[C@H](O[C@H]5O[C@H](CO)[C@@H](O)[C@H](O)[C@H]5O)[C@@H]4O)[C@@H]3O)[C@H](O)[C@H]2NC(C)=O)[C@H](O)[C@H]1NC(C)=O. The normalized spacial score (nSPS) is 51.1. The molecule has 12 rings (SSSR count). The number of aliphatic hydroxyl groups is 35. The highest BCUT2D eigenvalue weighted by atomic mass is 16.8. The molecule has 12 fully saturated rings. The summed E-state index contributed by atoms with van der Waals surface area (Å²) in [5, 5.41) is 399. The number of nitrogens with one attached hydrogen (secondary N) is 2. The summed E-state index contributed by atoms with van der Waals surface area (Å²) in [6, 6.07) is -3.50. The molecular weight excluding hydrogens is 1950 g/mol. The van der Waals surface area contributed by atoms with Gasteiger partial charge in [-0.25, -0.2) is 0 Å². The number of carbonyl (C=O) groups excluding carboxylic acids is 2. The van der Waals surface area contributed by atoms with Gasteiger partial charge in [0.2, 0.25) is 11.8 Å². The smallest absolute Gasteiger partial charge is 0.217 e. The molecule has 0 bridgehead atoms. The maximum absolute atomic E-state index is 13.3. The average molecular weight is 2090 g/mol. The van der Waals surface area contributed by atoms with Crippen LogP contribution in [0, 0.1) is 0 Å². The zero-order valence-electron chi connectivity index (χ0n) is 75.8. The van der Waals surface area contributed by atoms with Crippen LogP contribution >= 0.6 is 0 Å². The number of carbonyl (C=O) groups is 2. The van der Waals surface area contributed by atoms with E-state index in [1.807, 2.05) is 0 Å². The first-order chi connectivity index (χ1) is 67.4. The van der Waals surface area contributed by atoms with Gasteiger partial charge in [-0.3, -0.25) is 9.59 Å². The van der Waals surface area contributed by atoms with Gasteiger partial charge in [0.15, 0.2) is 75.5 Å². The molecule has 0 saturated carbocycles. The molecule has 2 amide bonds. The van der Waals surface area contributed by atoms with Gasteiger partial charge in [-0.1, -0.05) is 6.92 Å². The molecule has 37 N–H and O–H groups in total. The van der Waals surface area contributed by atoms with Crippen LogP contribution in [-0.2, 0) is 123 Å². The van der Waals surface area contributed by atoms with Crippen molar-refractivity contribution < 1.29 is 302 Å². The zero-order chi connectivity index (χ0) is 104. The van der Waals surface area contributed by atoms with E-state index in [0.717, 1.165) is 13.8 Å². The molecule has 12 aliphatic rings. The van der Waals surface area contributed by atoms with Crippen molar-refractivity contribution in [3.63, 3.8) is 0 Å². The first kappa shape index (κ1) is 117. The van der Waals surface area contributed by atoms with E-state index in [1.54, 1.807) is 6.92 Å². The van der Waals surface area contributed by atoms with Crippen molar-refractivity contribution in [3.05, 3.63) is 0 Å². The third kappa shape index (κ3) is 25.4. The Balaban J connectivity index is 0.908. The minimum Gasteiger partial charge on any atom is -0.394 e. The quantitative estimate of drug-likeness (QED) is 0.0272. The summed E-state index contributed by atoms with van der Waals surface area (Å²) in [7, 11) is 0. The number of ether oxygens (including phenoxy) is 24. The molecule has 12 aliphatic heterocycles. The van der Waals surface area contributed by atoms with Gasteiger partial charge in [0.05, 0.1) is 79.3 Å². The van der Waals surface area contributed by atoms with Crippen LogP contribution in [-0.4, -0.2) is 645 Å². The predicted molar refractivity (Wildman–Crippen MR) is 432 cm³/mol. The lowest BCUT2D eigenvalue weighted by Gasteiger charge is -2.51. The van der Waals surface area contributed by atoms with E-state index in [9.17, 15) is 188 Å². The molecule has 60 atom stereocenters. The summed E-state index contributed by atoms with van der Waals surface area (Å²) in [4.78, 5) is 25.9. The van der Waals surface area contributed by atoms with Gasteiger partial charge in [0.1, 0.15) is 293 Å². The Labute approximate surface area is 803 Å². The van der Waals surface area contributed by atoms with E-state index in [-0.39, 0.29) is 6.61 Å². The number of hydrogen-bond acceptors (Lipinski definition) is 61. The van der Waals surface area contributed by atoms with Gasteiger partial charge >= 0.3 is 0 Å². The second-order valence-corrected chi connectivity index (χ2v) is 36.0. The second kappa shape index (κ2) is 51.8. The highest BCUT2D eigenvalue weighted by Crippen LogP contribution is 2.43. The Morgan fingerprint density at radius 3 is 0.732 bits per heavy atom. The fourth-order valence-corrected chi connectivity index (χ4v) is 18.3. The highest BCUT2D eigenvalue weighted by molar-refractivity contribution is 5.73. The largest absolute Gasteiger partial charge is 0.394 e. The summed E-state index contributed by atoms with van der Waals surface area (Å²) in [6.45, 7) is -10.4. The lowest BCUT2D eigenvalue weighted by molar-refractivity contribution is -0.411. The summed E-state index contributed by atoms with van der Waals surface area (Å²) >= 11 is 0.